The average Bonchev–Trinajstić information content (AvgIpc) is 3.37. The predicted molar refractivity (Wildman–Crippen MR) is 156 cm³/mol. The van der Waals surface area contributed by atoms with Crippen molar-refractivity contribution in [2.24, 2.45) is 0 Å². The topological polar surface area (TPSA) is 97.5 Å². The molecule has 3 aromatic rings. The lowest BCUT2D eigenvalue weighted by Crippen LogP contribution is -2.61. The van der Waals surface area contributed by atoms with Crippen LogP contribution in [-0.2, 0) is 10.2 Å². The number of amides is 3. The highest BCUT2D eigenvalue weighted by atomic mass is 35.5. The van der Waals surface area contributed by atoms with Crippen LogP contribution in [-0.4, -0.2) is 77.3 Å². The molecule has 3 amide bonds. The Kier molecular flexibility index (Phi) is 7.31. The molecule has 3 N–H and O–H groups in total. The predicted octanol–water partition coefficient (Wildman–Crippen LogP) is 4.10. The quantitative estimate of drug-likeness (QED) is 0.404. The number of rotatable bonds is 7. The number of fused-ring (bicyclic) bond motifs is 1. The van der Waals surface area contributed by atoms with E-state index in [-0.39, 0.29) is 29.2 Å². The van der Waals surface area contributed by atoms with Gasteiger partial charge in [0.2, 0.25) is 5.91 Å². The van der Waals surface area contributed by atoms with Crippen LogP contribution in [0.3, 0.4) is 0 Å². The van der Waals surface area contributed by atoms with Crippen molar-refractivity contribution in [1.29, 1.82) is 0 Å². The average molecular weight is 562 g/mol. The summed E-state index contributed by atoms with van der Waals surface area (Å²) in [5, 5.41) is 7.67. The Hall–Kier alpha value is -3.36. The molecule has 0 bridgehead atoms. The van der Waals surface area contributed by atoms with Gasteiger partial charge in [-0.25, -0.2) is 0 Å². The van der Waals surface area contributed by atoms with Gasteiger partial charge >= 0.3 is 0 Å². The van der Waals surface area contributed by atoms with Crippen LogP contribution in [0.25, 0.3) is 10.9 Å². The van der Waals surface area contributed by atoms with E-state index in [9.17, 15) is 14.4 Å². The first-order valence-electron chi connectivity index (χ1n) is 14.3. The maximum absolute atomic E-state index is 13.3. The van der Waals surface area contributed by atoms with Crippen molar-refractivity contribution < 1.29 is 14.4 Å². The minimum Gasteiger partial charge on any atom is -0.360 e. The molecule has 2 unspecified atom stereocenters. The van der Waals surface area contributed by atoms with Gasteiger partial charge in [0.05, 0.1) is 17.1 Å². The second-order valence-electron chi connectivity index (χ2n) is 11.7. The molecule has 0 spiro atoms. The monoisotopic (exact) mass is 561 g/mol. The Balaban J connectivity index is 1.14. The van der Waals surface area contributed by atoms with Crippen LogP contribution < -0.4 is 10.6 Å². The molecule has 2 aliphatic heterocycles. The third-order valence-electron chi connectivity index (χ3n) is 8.92. The standard InChI is InChI=1S/C31H36ClN5O3/c1-20(38)37-15-10-26(34-30(40)22-6-9-24-25(32)17-33-27(24)16-22)28(18-37)35-29(39)21-4-7-23(8-5-21)31(11-12-31)19-36-13-2-3-14-36/h4-9,16-17,26,28,33H,2-3,10-15,18-19H2,1H3,(H,34,40)(H,35,39). The van der Waals surface area contributed by atoms with E-state index in [1.807, 2.05) is 18.2 Å². The van der Waals surface area contributed by atoms with Crippen molar-refractivity contribution in [1.82, 2.24) is 25.4 Å². The van der Waals surface area contributed by atoms with E-state index in [1.165, 1.54) is 51.3 Å². The van der Waals surface area contributed by atoms with Gasteiger partial charge in [-0.15, -0.1) is 0 Å². The lowest BCUT2D eigenvalue weighted by molar-refractivity contribution is -0.130. The molecule has 1 aliphatic carbocycles. The molecule has 3 fully saturated rings. The Morgan fingerprint density at radius 2 is 1.62 bits per heavy atom. The number of piperidine rings is 1. The van der Waals surface area contributed by atoms with E-state index < -0.39 is 6.04 Å². The molecule has 9 heteroatoms. The van der Waals surface area contributed by atoms with E-state index >= 15 is 0 Å². The molecule has 8 nitrogen and oxygen atoms in total. The second kappa shape index (κ2) is 10.9. The summed E-state index contributed by atoms with van der Waals surface area (Å²) >= 11 is 6.18. The summed E-state index contributed by atoms with van der Waals surface area (Å²) < 4.78 is 0. The van der Waals surface area contributed by atoms with Gasteiger partial charge in [-0.05, 0) is 75.0 Å². The zero-order valence-electron chi connectivity index (χ0n) is 22.8. The van der Waals surface area contributed by atoms with Crippen LogP contribution in [0.2, 0.25) is 5.02 Å². The molecular formula is C31H36ClN5O3. The van der Waals surface area contributed by atoms with Gasteiger partial charge in [0.15, 0.2) is 0 Å². The van der Waals surface area contributed by atoms with Crippen LogP contribution in [0.15, 0.2) is 48.7 Å². The maximum atomic E-state index is 13.3. The van der Waals surface area contributed by atoms with Gasteiger partial charge < -0.3 is 25.4 Å². The van der Waals surface area contributed by atoms with E-state index in [0.29, 0.717) is 35.7 Å². The number of nitrogens with one attached hydrogen (secondary N) is 3. The summed E-state index contributed by atoms with van der Waals surface area (Å²) in [7, 11) is 0. The number of aromatic amines is 1. The van der Waals surface area contributed by atoms with Crippen LogP contribution in [0.5, 0.6) is 0 Å². The lowest BCUT2D eigenvalue weighted by Gasteiger charge is -2.39. The second-order valence-corrected chi connectivity index (χ2v) is 12.1. The van der Waals surface area contributed by atoms with Crippen molar-refractivity contribution in [2.45, 2.75) is 56.5 Å². The molecule has 2 saturated heterocycles. The molecule has 3 heterocycles. The van der Waals surface area contributed by atoms with Crippen molar-refractivity contribution >= 4 is 40.2 Å². The molecule has 1 aromatic heterocycles. The molecule has 0 radical (unpaired) electrons. The molecule has 2 atom stereocenters. The molecule has 40 heavy (non-hydrogen) atoms. The number of hydrogen-bond donors (Lipinski definition) is 3. The summed E-state index contributed by atoms with van der Waals surface area (Å²) in [4.78, 5) is 46.0. The highest BCUT2D eigenvalue weighted by molar-refractivity contribution is 6.35. The van der Waals surface area contributed by atoms with Gasteiger partial charge in [-0.2, -0.15) is 0 Å². The zero-order valence-corrected chi connectivity index (χ0v) is 23.6. The first kappa shape index (κ1) is 26.8. The van der Waals surface area contributed by atoms with Crippen LogP contribution >= 0.6 is 11.6 Å². The van der Waals surface area contributed by atoms with E-state index in [4.69, 9.17) is 11.6 Å². The summed E-state index contributed by atoms with van der Waals surface area (Å²) in [5.41, 5.74) is 3.41. The fraction of sp³-hybridized carbons (Fsp3) is 0.452. The number of carbonyl (C=O) groups excluding carboxylic acids is 3. The molecule has 1 saturated carbocycles. The van der Waals surface area contributed by atoms with Gasteiger partial charge in [-0.1, -0.05) is 29.8 Å². The Morgan fingerprint density at radius 1 is 0.950 bits per heavy atom. The van der Waals surface area contributed by atoms with E-state index in [2.05, 4.69) is 32.7 Å². The smallest absolute Gasteiger partial charge is 0.251 e. The largest absolute Gasteiger partial charge is 0.360 e. The number of aromatic nitrogens is 1. The summed E-state index contributed by atoms with van der Waals surface area (Å²) in [5.74, 6) is -0.478. The first-order valence-corrected chi connectivity index (χ1v) is 14.7. The fourth-order valence-corrected chi connectivity index (χ4v) is 6.54. The molecule has 3 aliphatic rings. The van der Waals surface area contributed by atoms with Gasteiger partial charge in [0, 0.05) is 60.2 Å². The number of hydrogen-bond acceptors (Lipinski definition) is 4. The third-order valence-corrected chi connectivity index (χ3v) is 9.24. The number of H-pyrrole nitrogens is 1. The SMILES string of the molecule is CC(=O)N1CCC(NC(=O)c2ccc3c(Cl)c[nH]c3c2)C(NC(=O)c2ccc(C3(CN4CCCC4)CC3)cc2)C1. The van der Waals surface area contributed by atoms with Gasteiger partial charge in [0.25, 0.3) is 11.8 Å². The number of benzene rings is 2. The van der Waals surface area contributed by atoms with Crippen LogP contribution in [0.4, 0.5) is 0 Å². The maximum Gasteiger partial charge on any atom is 0.251 e. The molecule has 210 valence electrons. The van der Waals surface area contributed by atoms with Crippen molar-refractivity contribution in [2.75, 3.05) is 32.7 Å². The Bertz CT molecular complexity index is 1420. The number of nitrogens with zero attached hydrogens (tertiary/aromatic N) is 2. The number of carbonyl (C=O) groups is 3. The summed E-state index contributed by atoms with van der Waals surface area (Å²) in [6.45, 7) is 5.87. The summed E-state index contributed by atoms with van der Waals surface area (Å²) in [6, 6.07) is 12.6. The fourth-order valence-electron chi connectivity index (χ4n) is 6.33. The minimum absolute atomic E-state index is 0.0461. The van der Waals surface area contributed by atoms with Crippen molar-refractivity contribution in [3.63, 3.8) is 0 Å². The van der Waals surface area contributed by atoms with Crippen molar-refractivity contribution in [3.05, 3.63) is 70.4 Å². The first-order chi connectivity index (χ1) is 19.3. The van der Waals surface area contributed by atoms with Crippen LogP contribution in [0, 0.1) is 0 Å². The van der Waals surface area contributed by atoms with Gasteiger partial charge in [0.1, 0.15) is 0 Å². The Labute approximate surface area is 239 Å². The third kappa shape index (κ3) is 5.47. The zero-order chi connectivity index (χ0) is 27.9. The highest BCUT2D eigenvalue weighted by Crippen LogP contribution is 2.49. The van der Waals surface area contributed by atoms with Gasteiger partial charge in [-0.3, -0.25) is 14.4 Å². The molecule has 6 rings (SSSR count). The normalized spacial score (nSPS) is 22.3. The van der Waals surface area contributed by atoms with E-state index in [1.54, 1.807) is 23.2 Å². The highest BCUT2D eigenvalue weighted by Gasteiger charge is 2.45. The van der Waals surface area contributed by atoms with Crippen LogP contribution in [0.1, 0.15) is 65.3 Å². The number of halogens is 1. The summed E-state index contributed by atoms with van der Waals surface area (Å²) in [6.07, 6.45) is 7.21. The lowest BCUT2D eigenvalue weighted by atomic mass is 9.94. The minimum atomic E-state index is -0.414. The Morgan fingerprint density at radius 3 is 2.33 bits per heavy atom. The molecule has 2 aromatic carbocycles. The number of likely N-dealkylation sites (tertiary alicyclic amines) is 2. The van der Waals surface area contributed by atoms with E-state index in [0.717, 1.165) is 17.4 Å². The molecular weight excluding hydrogens is 526 g/mol. The van der Waals surface area contributed by atoms with Crippen molar-refractivity contribution in [3.8, 4) is 0 Å².